The van der Waals surface area contributed by atoms with Crippen LogP contribution < -0.4 is 11.1 Å². The monoisotopic (exact) mass is 357 g/mol. The van der Waals surface area contributed by atoms with Crippen LogP contribution in [0.1, 0.15) is 33.1 Å². The Morgan fingerprint density at radius 3 is 2.41 bits per heavy atom. The van der Waals surface area contributed by atoms with Crippen LogP contribution in [0.2, 0.25) is 0 Å². The highest BCUT2D eigenvalue weighted by atomic mass is 35.5. The van der Waals surface area contributed by atoms with Gasteiger partial charge in [-0.25, -0.2) is 0 Å². The number of rotatable bonds is 8. The first-order valence-corrected chi connectivity index (χ1v) is 7.77. The second kappa shape index (κ2) is 13.4. The molecule has 1 aliphatic rings. The molecule has 3 N–H and O–H groups in total. The third-order valence-corrected chi connectivity index (χ3v) is 3.93. The highest BCUT2D eigenvalue weighted by Gasteiger charge is 2.21. The van der Waals surface area contributed by atoms with Gasteiger partial charge in [0.25, 0.3) is 0 Å². The summed E-state index contributed by atoms with van der Waals surface area (Å²) in [5, 5.41) is 2.94. The Kier molecular flexibility index (Phi) is 14.7. The molecule has 1 aliphatic heterocycles. The van der Waals surface area contributed by atoms with Gasteiger partial charge in [-0.15, -0.1) is 24.8 Å². The van der Waals surface area contributed by atoms with Crippen LogP contribution in [-0.4, -0.2) is 56.7 Å². The van der Waals surface area contributed by atoms with Gasteiger partial charge in [-0.1, -0.05) is 13.8 Å². The molecule has 3 unspecified atom stereocenters. The third-order valence-electron chi connectivity index (χ3n) is 3.93. The molecule has 0 aromatic carbocycles. The van der Waals surface area contributed by atoms with Gasteiger partial charge in [0.1, 0.15) is 0 Å². The van der Waals surface area contributed by atoms with Gasteiger partial charge >= 0.3 is 0 Å². The van der Waals surface area contributed by atoms with Crippen LogP contribution in [0.5, 0.6) is 0 Å². The van der Waals surface area contributed by atoms with Crippen molar-refractivity contribution in [3.8, 4) is 0 Å². The SMILES string of the molecule is COC(CN)CC(=O)NCCCN1CC(C)CC(C)C1.Cl.Cl. The summed E-state index contributed by atoms with van der Waals surface area (Å²) in [4.78, 5) is 14.2. The Morgan fingerprint density at radius 2 is 1.91 bits per heavy atom. The first-order chi connectivity index (χ1) is 9.55. The van der Waals surface area contributed by atoms with E-state index in [-0.39, 0.29) is 36.8 Å². The number of hydrogen-bond donors (Lipinski definition) is 2. The van der Waals surface area contributed by atoms with E-state index in [1.54, 1.807) is 7.11 Å². The first-order valence-electron chi connectivity index (χ1n) is 7.77. The molecule has 0 spiro atoms. The standard InChI is InChI=1S/C15H31N3O2.2ClH/c1-12-7-13(2)11-18(10-12)6-4-5-17-15(19)8-14(9-16)20-3;;/h12-14H,4-11,16H2,1-3H3,(H,17,19);2*1H. The topological polar surface area (TPSA) is 67.6 Å². The van der Waals surface area contributed by atoms with Crippen LogP contribution in [-0.2, 0) is 9.53 Å². The molecule has 0 radical (unpaired) electrons. The summed E-state index contributed by atoms with van der Waals surface area (Å²) in [5.74, 6) is 1.61. The van der Waals surface area contributed by atoms with E-state index in [4.69, 9.17) is 10.5 Å². The lowest BCUT2D eigenvalue weighted by molar-refractivity contribution is -0.123. The molecule has 0 aromatic rings. The zero-order valence-electron chi connectivity index (χ0n) is 14.0. The Hall–Kier alpha value is -0.0700. The van der Waals surface area contributed by atoms with Crippen molar-refractivity contribution in [3.05, 3.63) is 0 Å². The van der Waals surface area contributed by atoms with Crippen molar-refractivity contribution in [1.29, 1.82) is 0 Å². The number of amides is 1. The average molecular weight is 358 g/mol. The number of likely N-dealkylation sites (tertiary alicyclic amines) is 1. The third kappa shape index (κ3) is 9.85. The number of piperidine rings is 1. The van der Waals surface area contributed by atoms with Crippen LogP contribution in [0, 0.1) is 11.8 Å². The summed E-state index contributed by atoms with van der Waals surface area (Å²) in [6.07, 6.45) is 2.53. The minimum absolute atomic E-state index is 0. The minimum Gasteiger partial charge on any atom is -0.380 e. The number of carbonyl (C=O) groups excluding carboxylic acids is 1. The normalized spacial score (nSPS) is 23.1. The molecule has 3 atom stereocenters. The zero-order chi connectivity index (χ0) is 15.0. The van der Waals surface area contributed by atoms with Gasteiger partial charge in [0.15, 0.2) is 0 Å². The van der Waals surface area contributed by atoms with Gasteiger partial charge in [0, 0.05) is 33.3 Å². The molecule has 0 bridgehead atoms. The van der Waals surface area contributed by atoms with Crippen LogP contribution in [0.25, 0.3) is 0 Å². The first kappa shape index (κ1) is 24.2. The van der Waals surface area contributed by atoms with Crippen LogP contribution in [0.4, 0.5) is 0 Å². The molecule has 22 heavy (non-hydrogen) atoms. The largest absolute Gasteiger partial charge is 0.380 e. The van der Waals surface area contributed by atoms with Crippen molar-refractivity contribution < 1.29 is 9.53 Å². The van der Waals surface area contributed by atoms with Crippen molar-refractivity contribution in [2.75, 3.05) is 39.8 Å². The van der Waals surface area contributed by atoms with Gasteiger partial charge in [0.2, 0.25) is 5.91 Å². The highest BCUT2D eigenvalue weighted by molar-refractivity contribution is 5.85. The van der Waals surface area contributed by atoms with Crippen LogP contribution in [0.3, 0.4) is 0 Å². The molecule has 5 nitrogen and oxygen atoms in total. The smallest absolute Gasteiger partial charge is 0.222 e. The molecule has 1 saturated heterocycles. The molecule has 1 rings (SSSR count). The summed E-state index contributed by atoms with van der Waals surface area (Å²) >= 11 is 0. The molecule has 0 saturated carbocycles. The number of nitrogens with two attached hydrogens (primary N) is 1. The molecule has 7 heteroatoms. The maximum absolute atomic E-state index is 11.7. The van der Waals surface area contributed by atoms with Gasteiger partial charge in [-0.2, -0.15) is 0 Å². The Labute approximate surface area is 147 Å². The molecular formula is C15H33Cl2N3O2. The fraction of sp³-hybridized carbons (Fsp3) is 0.933. The van der Waals surface area contributed by atoms with E-state index in [9.17, 15) is 4.79 Å². The molecule has 134 valence electrons. The quantitative estimate of drug-likeness (QED) is 0.648. The predicted octanol–water partition coefficient (Wildman–Crippen LogP) is 1.68. The maximum Gasteiger partial charge on any atom is 0.222 e. The van der Waals surface area contributed by atoms with Crippen molar-refractivity contribution in [2.45, 2.75) is 39.2 Å². The Morgan fingerprint density at radius 1 is 1.32 bits per heavy atom. The molecule has 0 aromatic heterocycles. The summed E-state index contributed by atoms with van der Waals surface area (Å²) in [7, 11) is 1.59. The number of halogens is 2. The lowest BCUT2D eigenvalue weighted by atomic mass is 9.92. The number of ether oxygens (including phenoxy) is 1. The van der Waals surface area contributed by atoms with E-state index in [2.05, 4.69) is 24.1 Å². The predicted molar refractivity (Wildman–Crippen MR) is 96.0 cm³/mol. The Balaban J connectivity index is 0. The number of nitrogens with one attached hydrogen (secondary N) is 1. The maximum atomic E-state index is 11.7. The van der Waals surface area contributed by atoms with Gasteiger partial charge in [0.05, 0.1) is 12.5 Å². The summed E-state index contributed by atoms with van der Waals surface area (Å²) < 4.78 is 5.10. The van der Waals surface area contributed by atoms with Crippen molar-refractivity contribution in [1.82, 2.24) is 10.2 Å². The minimum atomic E-state index is -0.168. The lowest BCUT2D eigenvalue weighted by Crippen LogP contribution is -2.40. The van der Waals surface area contributed by atoms with Gasteiger partial charge in [-0.05, 0) is 31.2 Å². The average Bonchev–Trinajstić information content (AvgIpc) is 2.40. The lowest BCUT2D eigenvalue weighted by Gasteiger charge is -2.34. The fourth-order valence-corrected chi connectivity index (χ4v) is 3.05. The van der Waals surface area contributed by atoms with Crippen molar-refractivity contribution in [3.63, 3.8) is 0 Å². The summed E-state index contributed by atoms with van der Waals surface area (Å²) in [6.45, 7) is 9.21. The zero-order valence-corrected chi connectivity index (χ0v) is 15.7. The number of nitrogens with zero attached hydrogens (tertiary/aromatic N) is 1. The summed E-state index contributed by atoms with van der Waals surface area (Å²) in [6, 6.07) is 0. The number of carbonyl (C=O) groups is 1. The second-order valence-electron chi connectivity index (χ2n) is 6.21. The van der Waals surface area contributed by atoms with E-state index in [0.29, 0.717) is 13.0 Å². The molecule has 1 fully saturated rings. The summed E-state index contributed by atoms with van der Waals surface area (Å²) in [5.41, 5.74) is 5.50. The second-order valence-corrected chi connectivity index (χ2v) is 6.21. The molecule has 0 aliphatic carbocycles. The highest BCUT2D eigenvalue weighted by Crippen LogP contribution is 2.20. The Bertz CT molecular complexity index is 282. The van der Waals surface area contributed by atoms with Crippen molar-refractivity contribution >= 4 is 30.7 Å². The van der Waals surface area contributed by atoms with E-state index < -0.39 is 0 Å². The number of hydrogen-bond acceptors (Lipinski definition) is 4. The molecule has 1 heterocycles. The molecule has 1 amide bonds. The van der Waals surface area contributed by atoms with Crippen molar-refractivity contribution in [2.24, 2.45) is 17.6 Å². The van der Waals surface area contributed by atoms with Crippen LogP contribution >= 0.6 is 24.8 Å². The van der Waals surface area contributed by atoms with E-state index in [1.165, 1.54) is 19.5 Å². The van der Waals surface area contributed by atoms with E-state index >= 15 is 0 Å². The molecular weight excluding hydrogens is 325 g/mol. The van der Waals surface area contributed by atoms with E-state index in [1.807, 2.05) is 0 Å². The van der Waals surface area contributed by atoms with Gasteiger partial charge in [-0.3, -0.25) is 4.79 Å². The number of methoxy groups -OCH3 is 1. The van der Waals surface area contributed by atoms with Gasteiger partial charge < -0.3 is 20.7 Å². The van der Waals surface area contributed by atoms with Crippen LogP contribution in [0.15, 0.2) is 0 Å². The fourth-order valence-electron chi connectivity index (χ4n) is 3.05. The van der Waals surface area contributed by atoms with E-state index in [0.717, 1.165) is 31.3 Å².